The van der Waals surface area contributed by atoms with Gasteiger partial charge in [0.1, 0.15) is 5.71 Å². The number of carbonyl (C=O) groups excluding carboxylic acids is 1. The van der Waals surface area contributed by atoms with Crippen molar-refractivity contribution in [2.45, 2.75) is 13.3 Å². The van der Waals surface area contributed by atoms with Crippen LogP contribution in [0.3, 0.4) is 0 Å². The normalized spacial score (nSPS) is 11.4. The number of ether oxygens (including phenoxy) is 1. The van der Waals surface area contributed by atoms with Crippen LogP contribution in [0.15, 0.2) is 11.2 Å². The van der Waals surface area contributed by atoms with Crippen molar-refractivity contribution in [2.75, 3.05) is 6.61 Å². The minimum absolute atomic E-state index is 0.0396. The van der Waals surface area contributed by atoms with E-state index in [9.17, 15) is 4.79 Å². The molecule has 0 radical (unpaired) electrons. The van der Waals surface area contributed by atoms with Gasteiger partial charge < -0.3 is 10.6 Å². The third kappa shape index (κ3) is 3.83. The van der Waals surface area contributed by atoms with Gasteiger partial charge in [0.2, 0.25) is 0 Å². The highest BCUT2D eigenvalue weighted by atomic mass is 35.5. The molecular formula is C9H10Cl2N4O2. The van der Waals surface area contributed by atoms with E-state index in [1.165, 1.54) is 6.07 Å². The Labute approximate surface area is 108 Å². The molecule has 0 fully saturated rings. The lowest BCUT2D eigenvalue weighted by atomic mass is 10.1. The first-order valence-electron chi connectivity index (χ1n) is 4.70. The lowest BCUT2D eigenvalue weighted by Crippen LogP contribution is -2.21. The smallest absolute Gasteiger partial charge is 0.354 e. The Kier molecular flexibility index (Phi) is 5.11. The van der Waals surface area contributed by atoms with E-state index in [-0.39, 0.29) is 29.0 Å². The zero-order valence-electron chi connectivity index (χ0n) is 8.98. The predicted molar refractivity (Wildman–Crippen MR) is 64.0 cm³/mol. The Morgan fingerprint density at radius 2 is 2.24 bits per heavy atom. The molecular weight excluding hydrogens is 267 g/mol. The summed E-state index contributed by atoms with van der Waals surface area (Å²) >= 11 is 11.5. The van der Waals surface area contributed by atoms with E-state index >= 15 is 0 Å². The SMILES string of the molecule is CCOC(=O)C(Cc1cc(Cl)nnc1Cl)=NN. The van der Waals surface area contributed by atoms with Crippen molar-refractivity contribution in [3.05, 3.63) is 21.9 Å². The van der Waals surface area contributed by atoms with E-state index in [0.29, 0.717) is 5.56 Å². The maximum atomic E-state index is 11.4. The fraction of sp³-hybridized carbons (Fsp3) is 0.333. The van der Waals surface area contributed by atoms with E-state index < -0.39 is 5.97 Å². The molecule has 8 heteroatoms. The summed E-state index contributed by atoms with van der Waals surface area (Å²) in [6.07, 6.45) is 0.0867. The molecule has 17 heavy (non-hydrogen) atoms. The quantitative estimate of drug-likeness (QED) is 0.386. The minimum atomic E-state index is -0.598. The molecule has 92 valence electrons. The van der Waals surface area contributed by atoms with Crippen molar-refractivity contribution in [3.63, 3.8) is 0 Å². The molecule has 1 rings (SSSR count). The van der Waals surface area contributed by atoms with E-state index in [0.717, 1.165) is 0 Å². The van der Waals surface area contributed by atoms with Gasteiger partial charge in [-0.3, -0.25) is 0 Å². The summed E-state index contributed by atoms with van der Waals surface area (Å²) in [5, 5.41) is 10.8. The van der Waals surface area contributed by atoms with Gasteiger partial charge in [0, 0.05) is 12.0 Å². The van der Waals surface area contributed by atoms with E-state index in [2.05, 4.69) is 15.3 Å². The summed E-state index contributed by atoms with van der Waals surface area (Å²) in [7, 11) is 0. The number of nitrogens with two attached hydrogens (primary N) is 1. The highest BCUT2D eigenvalue weighted by molar-refractivity contribution is 6.38. The maximum absolute atomic E-state index is 11.4. The average Bonchev–Trinajstić information content (AvgIpc) is 2.30. The van der Waals surface area contributed by atoms with Gasteiger partial charge in [-0.2, -0.15) is 5.10 Å². The molecule has 1 heterocycles. The Morgan fingerprint density at radius 1 is 1.53 bits per heavy atom. The van der Waals surface area contributed by atoms with Gasteiger partial charge in [0.05, 0.1) is 6.61 Å². The number of esters is 1. The van der Waals surface area contributed by atoms with E-state index in [1.807, 2.05) is 0 Å². The lowest BCUT2D eigenvalue weighted by molar-refractivity contribution is -0.135. The molecule has 0 bridgehead atoms. The molecule has 0 spiro atoms. The van der Waals surface area contributed by atoms with Crippen molar-refractivity contribution in [1.29, 1.82) is 0 Å². The fourth-order valence-corrected chi connectivity index (χ4v) is 1.41. The van der Waals surface area contributed by atoms with E-state index in [1.54, 1.807) is 6.92 Å². The second kappa shape index (κ2) is 6.36. The van der Waals surface area contributed by atoms with Crippen LogP contribution in [0.1, 0.15) is 12.5 Å². The number of aromatic nitrogens is 2. The summed E-state index contributed by atoms with van der Waals surface area (Å²) < 4.78 is 4.78. The zero-order chi connectivity index (χ0) is 12.8. The highest BCUT2D eigenvalue weighted by Crippen LogP contribution is 2.16. The number of halogens is 2. The van der Waals surface area contributed by atoms with Crippen molar-refractivity contribution in [2.24, 2.45) is 10.9 Å². The summed E-state index contributed by atoms with van der Waals surface area (Å²) in [4.78, 5) is 11.4. The van der Waals surface area contributed by atoms with E-state index in [4.69, 9.17) is 33.8 Å². The third-order valence-electron chi connectivity index (χ3n) is 1.82. The van der Waals surface area contributed by atoms with Crippen LogP contribution in [0.5, 0.6) is 0 Å². The Morgan fingerprint density at radius 3 is 2.82 bits per heavy atom. The van der Waals surface area contributed by atoms with Crippen LogP contribution >= 0.6 is 23.2 Å². The van der Waals surface area contributed by atoms with Gasteiger partial charge in [-0.15, -0.1) is 10.2 Å². The second-order valence-corrected chi connectivity index (χ2v) is 3.70. The molecule has 0 unspecified atom stereocenters. The van der Waals surface area contributed by atoms with Gasteiger partial charge in [0.15, 0.2) is 10.3 Å². The molecule has 0 aliphatic heterocycles. The maximum Gasteiger partial charge on any atom is 0.354 e. The monoisotopic (exact) mass is 276 g/mol. The molecule has 6 nitrogen and oxygen atoms in total. The molecule has 1 aromatic rings. The van der Waals surface area contributed by atoms with Crippen LogP contribution < -0.4 is 5.84 Å². The number of nitrogens with zero attached hydrogens (tertiary/aromatic N) is 3. The number of rotatable bonds is 4. The average molecular weight is 277 g/mol. The number of hydrogen-bond acceptors (Lipinski definition) is 6. The van der Waals surface area contributed by atoms with Gasteiger partial charge in [-0.05, 0) is 13.0 Å². The molecule has 0 atom stereocenters. The summed E-state index contributed by atoms with van der Waals surface area (Å²) in [5.74, 6) is 4.52. The molecule has 2 N–H and O–H groups in total. The largest absolute Gasteiger partial charge is 0.461 e. The van der Waals surface area contributed by atoms with Crippen LogP contribution in [0.25, 0.3) is 0 Å². The first kappa shape index (κ1) is 13.7. The molecule has 0 saturated carbocycles. The van der Waals surface area contributed by atoms with Gasteiger partial charge in [-0.1, -0.05) is 23.2 Å². The minimum Gasteiger partial charge on any atom is -0.461 e. The standard InChI is InChI=1S/C9H10Cl2N4O2/c1-2-17-9(16)6(13-12)3-5-4-7(10)14-15-8(5)11/h4H,2-3,12H2,1H3. The fourth-order valence-electron chi connectivity index (χ4n) is 1.08. The van der Waals surface area contributed by atoms with Crippen molar-refractivity contribution in [1.82, 2.24) is 10.2 Å². The number of hydrazone groups is 1. The molecule has 0 aliphatic rings. The number of hydrogen-bond donors (Lipinski definition) is 1. The summed E-state index contributed by atoms with van der Waals surface area (Å²) in [6, 6.07) is 1.49. The molecule has 0 amide bonds. The summed E-state index contributed by atoms with van der Waals surface area (Å²) in [5.41, 5.74) is 0.543. The van der Waals surface area contributed by atoms with Crippen molar-refractivity contribution >= 4 is 34.9 Å². The Bertz CT molecular complexity index is 451. The summed E-state index contributed by atoms with van der Waals surface area (Å²) in [6.45, 7) is 1.92. The van der Waals surface area contributed by atoms with Crippen LogP contribution in [0.4, 0.5) is 0 Å². The van der Waals surface area contributed by atoms with Gasteiger partial charge in [-0.25, -0.2) is 4.79 Å². The van der Waals surface area contributed by atoms with Crippen LogP contribution in [-0.4, -0.2) is 28.5 Å². The third-order valence-corrected chi connectivity index (χ3v) is 2.32. The van der Waals surface area contributed by atoms with Gasteiger partial charge >= 0.3 is 5.97 Å². The lowest BCUT2D eigenvalue weighted by Gasteiger charge is -2.05. The van der Waals surface area contributed by atoms with Crippen molar-refractivity contribution < 1.29 is 9.53 Å². The molecule has 0 aromatic carbocycles. The van der Waals surface area contributed by atoms with Crippen LogP contribution in [0.2, 0.25) is 10.3 Å². The van der Waals surface area contributed by atoms with Crippen molar-refractivity contribution in [3.8, 4) is 0 Å². The first-order chi connectivity index (χ1) is 8.08. The number of carbonyl (C=O) groups is 1. The highest BCUT2D eigenvalue weighted by Gasteiger charge is 2.16. The van der Waals surface area contributed by atoms with Gasteiger partial charge in [0.25, 0.3) is 0 Å². The molecule has 0 aliphatic carbocycles. The zero-order valence-corrected chi connectivity index (χ0v) is 10.5. The van der Waals surface area contributed by atoms with Crippen LogP contribution in [0, 0.1) is 0 Å². The Hall–Kier alpha value is -1.40. The Balaban J connectivity index is 2.88. The predicted octanol–water partition coefficient (Wildman–Crippen LogP) is 1.20. The first-order valence-corrected chi connectivity index (χ1v) is 5.45. The topological polar surface area (TPSA) is 90.5 Å². The molecule has 1 aromatic heterocycles. The second-order valence-electron chi connectivity index (χ2n) is 2.96. The molecule has 0 saturated heterocycles. The van der Waals surface area contributed by atoms with Crippen LogP contribution in [-0.2, 0) is 16.0 Å².